The molecule has 3 rings (SSSR count). The highest BCUT2D eigenvalue weighted by Gasteiger charge is 2.24. The summed E-state index contributed by atoms with van der Waals surface area (Å²) < 4.78 is 0. The SMILES string of the molecule is Cc1cccc(CCC(=O)N2CCN(C(=O)c3cccc(Cl)c3)CC2)c1. The van der Waals surface area contributed by atoms with Crippen LogP contribution in [-0.4, -0.2) is 47.8 Å². The number of aryl methyl sites for hydroxylation is 2. The Morgan fingerprint density at radius 2 is 1.65 bits per heavy atom. The van der Waals surface area contributed by atoms with Gasteiger partial charge in [0.05, 0.1) is 0 Å². The van der Waals surface area contributed by atoms with Gasteiger partial charge in [0.15, 0.2) is 0 Å². The Bertz CT molecular complexity index is 798. The van der Waals surface area contributed by atoms with Crippen LogP contribution in [0.25, 0.3) is 0 Å². The van der Waals surface area contributed by atoms with E-state index in [2.05, 4.69) is 25.1 Å². The predicted molar refractivity (Wildman–Crippen MR) is 103 cm³/mol. The lowest BCUT2D eigenvalue weighted by Gasteiger charge is -2.35. The van der Waals surface area contributed by atoms with Crippen LogP contribution in [0.15, 0.2) is 48.5 Å². The van der Waals surface area contributed by atoms with E-state index in [1.807, 2.05) is 11.0 Å². The van der Waals surface area contributed by atoms with Crippen LogP contribution in [0, 0.1) is 6.92 Å². The zero-order valence-corrected chi connectivity index (χ0v) is 15.7. The fourth-order valence-electron chi connectivity index (χ4n) is 3.24. The van der Waals surface area contributed by atoms with Crippen LogP contribution < -0.4 is 0 Å². The second-order valence-electron chi connectivity index (χ2n) is 6.67. The van der Waals surface area contributed by atoms with Crippen molar-refractivity contribution in [1.29, 1.82) is 0 Å². The first-order valence-corrected chi connectivity index (χ1v) is 9.29. The van der Waals surface area contributed by atoms with Crippen LogP contribution in [-0.2, 0) is 11.2 Å². The van der Waals surface area contributed by atoms with Gasteiger partial charge < -0.3 is 9.80 Å². The highest BCUT2D eigenvalue weighted by Crippen LogP contribution is 2.15. The zero-order chi connectivity index (χ0) is 18.5. The van der Waals surface area contributed by atoms with Crippen LogP contribution in [0.3, 0.4) is 0 Å². The Kier molecular flexibility index (Phi) is 5.94. The molecule has 2 aromatic carbocycles. The van der Waals surface area contributed by atoms with E-state index in [0.29, 0.717) is 43.2 Å². The molecule has 2 aromatic rings. The molecule has 0 unspecified atom stereocenters. The average Bonchev–Trinajstić information content (AvgIpc) is 2.66. The number of benzene rings is 2. The lowest BCUT2D eigenvalue weighted by Crippen LogP contribution is -2.50. The molecular formula is C21H23ClN2O2. The van der Waals surface area contributed by atoms with Gasteiger partial charge in [-0.25, -0.2) is 0 Å². The van der Waals surface area contributed by atoms with Crippen LogP contribution in [0.1, 0.15) is 27.9 Å². The lowest BCUT2D eigenvalue weighted by molar-refractivity contribution is -0.132. The van der Waals surface area contributed by atoms with Crippen LogP contribution >= 0.6 is 11.6 Å². The monoisotopic (exact) mass is 370 g/mol. The summed E-state index contributed by atoms with van der Waals surface area (Å²) in [5.74, 6) is 0.126. The summed E-state index contributed by atoms with van der Waals surface area (Å²) in [6.45, 7) is 4.34. The van der Waals surface area contributed by atoms with Crippen molar-refractivity contribution in [2.75, 3.05) is 26.2 Å². The third-order valence-electron chi connectivity index (χ3n) is 4.70. The first-order valence-electron chi connectivity index (χ1n) is 8.91. The number of amides is 2. The van der Waals surface area contributed by atoms with Crippen LogP contribution in [0.5, 0.6) is 0 Å². The molecule has 1 aliphatic rings. The molecule has 2 amide bonds. The van der Waals surface area contributed by atoms with Crippen molar-refractivity contribution in [2.45, 2.75) is 19.8 Å². The highest BCUT2D eigenvalue weighted by molar-refractivity contribution is 6.30. The molecule has 0 atom stereocenters. The van der Waals surface area contributed by atoms with E-state index in [9.17, 15) is 9.59 Å². The Balaban J connectivity index is 1.50. The largest absolute Gasteiger partial charge is 0.339 e. The molecule has 0 N–H and O–H groups in total. The maximum absolute atomic E-state index is 12.5. The Labute approximate surface area is 159 Å². The fourth-order valence-corrected chi connectivity index (χ4v) is 3.43. The van der Waals surface area contributed by atoms with Crippen molar-refractivity contribution in [3.05, 3.63) is 70.2 Å². The molecule has 0 aromatic heterocycles. The van der Waals surface area contributed by atoms with Gasteiger partial charge in [-0.05, 0) is 37.1 Å². The number of carbonyl (C=O) groups is 2. The Morgan fingerprint density at radius 1 is 0.962 bits per heavy atom. The maximum atomic E-state index is 12.5. The molecule has 1 saturated heterocycles. The van der Waals surface area contributed by atoms with Crippen LogP contribution in [0.2, 0.25) is 5.02 Å². The number of piperazine rings is 1. The minimum absolute atomic E-state index is 0.0284. The number of hydrogen-bond donors (Lipinski definition) is 0. The van der Waals surface area contributed by atoms with Gasteiger partial charge in [0.25, 0.3) is 5.91 Å². The molecule has 1 heterocycles. The summed E-state index contributed by atoms with van der Waals surface area (Å²) in [5.41, 5.74) is 2.99. The van der Waals surface area contributed by atoms with E-state index >= 15 is 0 Å². The van der Waals surface area contributed by atoms with Gasteiger partial charge in [0.1, 0.15) is 0 Å². The van der Waals surface area contributed by atoms with Gasteiger partial charge in [0, 0.05) is 43.2 Å². The molecule has 0 bridgehead atoms. The maximum Gasteiger partial charge on any atom is 0.254 e. The van der Waals surface area contributed by atoms with Crippen molar-refractivity contribution >= 4 is 23.4 Å². The molecule has 136 valence electrons. The first kappa shape index (κ1) is 18.5. The second kappa shape index (κ2) is 8.37. The first-order chi connectivity index (χ1) is 12.5. The van der Waals surface area contributed by atoms with E-state index < -0.39 is 0 Å². The molecule has 0 spiro atoms. The number of rotatable bonds is 4. The Hall–Kier alpha value is -2.33. The summed E-state index contributed by atoms with van der Waals surface area (Å²) >= 11 is 5.96. The van der Waals surface area contributed by atoms with E-state index in [4.69, 9.17) is 11.6 Å². The van der Waals surface area contributed by atoms with Crippen molar-refractivity contribution in [1.82, 2.24) is 9.80 Å². The topological polar surface area (TPSA) is 40.6 Å². The van der Waals surface area contributed by atoms with E-state index in [0.717, 1.165) is 6.42 Å². The highest BCUT2D eigenvalue weighted by atomic mass is 35.5. The minimum atomic E-state index is -0.0284. The summed E-state index contributed by atoms with van der Waals surface area (Å²) in [6, 6.07) is 15.2. The van der Waals surface area contributed by atoms with Gasteiger partial charge in [-0.3, -0.25) is 9.59 Å². The number of carbonyl (C=O) groups excluding carboxylic acids is 2. The van der Waals surface area contributed by atoms with E-state index in [-0.39, 0.29) is 11.8 Å². The third-order valence-corrected chi connectivity index (χ3v) is 4.94. The standard InChI is InChI=1S/C21H23ClN2O2/c1-16-4-2-5-17(14-16)8-9-20(25)23-10-12-24(13-11-23)21(26)18-6-3-7-19(22)15-18/h2-7,14-15H,8-13H2,1H3. The lowest BCUT2D eigenvalue weighted by atomic mass is 10.1. The molecule has 5 heteroatoms. The van der Waals surface area contributed by atoms with E-state index in [1.54, 1.807) is 29.2 Å². The molecule has 4 nitrogen and oxygen atoms in total. The molecule has 0 saturated carbocycles. The summed E-state index contributed by atoms with van der Waals surface area (Å²) in [5, 5.41) is 0.556. The Morgan fingerprint density at radius 3 is 2.35 bits per heavy atom. The molecule has 1 fully saturated rings. The molecule has 26 heavy (non-hydrogen) atoms. The molecule has 1 aliphatic heterocycles. The summed E-state index contributed by atoms with van der Waals surface area (Å²) in [7, 11) is 0. The summed E-state index contributed by atoms with van der Waals surface area (Å²) in [6.07, 6.45) is 1.26. The molecule has 0 radical (unpaired) electrons. The van der Waals surface area contributed by atoms with Gasteiger partial charge in [-0.15, -0.1) is 0 Å². The second-order valence-corrected chi connectivity index (χ2v) is 7.11. The van der Waals surface area contributed by atoms with Gasteiger partial charge >= 0.3 is 0 Å². The third kappa shape index (κ3) is 4.64. The van der Waals surface area contributed by atoms with Gasteiger partial charge in [0.2, 0.25) is 5.91 Å². The van der Waals surface area contributed by atoms with Crippen molar-refractivity contribution < 1.29 is 9.59 Å². The predicted octanol–water partition coefficient (Wildman–Crippen LogP) is 3.57. The van der Waals surface area contributed by atoms with Crippen molar-refractivity contribution in [2.24, 2.45) is 0 Å². The fraction of sp³-hybridized carbons (Fsp3) is 0.333. The van der Waals surface area contributed by atoms with Crippen molar-refractivity contribution in [3.63, 3.8) is 0 Å². The number of nitrogens with zero attached hydrogens (tertiary/aromatic N) is 2. The average molecular weight is 371 g/mol. The van der Waals surface area contributed by atoms with Gasteiger partial charge in [-0.2, -0.15) is 0 Å². The smallest absolute Gasteiger partial charge is 0.254 e. The summed E-state index contributed by atoms with van der Waals surface area (Å²) in [4.78, 5) is 28.6. The van der Waals surface area contributed by atoms with Gasteiger partial charge in [-0.1, -0.05) is 47.5 Å². The molecule has 0 aliphatic carbocycles. The van der Waals surface area contributed by atoms with E-state index in [1.165, 1.54) is 11.1 Å². The number of hydrogen-bond acceptors (Lipinski definition) is 2. The quantitative estimate of drug-likeness (QED) is 0.825. The zero-order valence-electron chi connectivity index (χ0n) is 15.0. The number of halogens is 1. The van der Waals surface area contributed by atoms with Crippen molar-refractivity contribution in [3.8, 4) is 0 Å². The molecular weight excluding hydrogens is 348 g/mol. The minimum Gasteiger partial charge on any atom is -0.339 e. The normalized spacial score (nSPS) is 14.4. The van der Waals surface area contributed by atoms with Crippen LogP contribution in [0.4, 0.5) is 0 Å².